The van der Waals surface area contributed by atoms with Crippen LogP contribution in [0.4, 0.5) is 20.2 Å². The quantitative estimate of drug-likeness (QED) is 0.432. The van der Waals surface area contributed by atoms with E-state index >= 15 is 0 Å². The molecule has 4 rings (SSSR count). The summed E-state index contributed by atoms with van der Waals surface area (Å²) in [5.74, 6) is -0.291. The van der Waals surface area contributed by atoms with Crippen LogP contribution in [-0.4, -0.2) is 44.0 Å². The van der Waals surface area contributed by atoms with Crippen LogP contribution >= 0.6 is 27.5 Å². The highest BCUT2D eigenvalue weighted by atomic mass is 79.9. The third-order valence-electron chi connectivity index (χ3n) is 6.06. The molecule has 1 fully saturated rings. The van der Waals surface area contributed by atoms with E-state index in [1.54, 1.807) is 6.07 Å². The fraction of sp³-hybridized carbons (Fsp3) is 0.458. The van der Waals surface area contributed by atoms with Crippen molar-refractivity contribution in [2.45, 2.75) is 44.7 Å². The van der Waals surface area contributed by atoms with Crippen LogP contribution in [0, 0.1) is 5.41 Å². The number of sulfone groups is 1. The van der Waals surface area contributed by atoms with E-state index in [9.17, 15) is 22.0 Å². The summed E-state index contributed by atoms with van der Waals surface area (Å²) in [7, 11) is -3.14. The standard InChI is InChI=1S/C24H26BrClF2N2O4S/c1-23(2,3)13-30-20-12-35(32,33)9-8-17(20)18-10-14(11-19(25)21(18)30)22(31)29-15-4-6-16(7-5-15)34-24(26,27)28/h4-7,10-11,17,20H,8-9,12-13H2,1-3H3,(H,29,31). The van der Waals surface area contributed by atoms with Crippen LogP contribution in [0.2, 0.25) is 0 Å². The molecule has 1 amide bonds. The van der Waals surface area contributed by atoms with E-state index in [2.05, 4.69) is 51.7 Å². The van der Waals surface area contributed by atoms with Gasteiger partial charge in [-0.25, -0.2) is 8.42 Å². The molecule has 0 aliphatic carbocycles. The van der Waals surface area contributed by atoms with Crippen molar-refractivity contribution in [1.29, 1.82) is 0 Å². The van der Waals surface area contributed by atoms with E-state index in [1.165, 1.54) is 24.3 Å². The molecule has 2 unspecified atom stereocenters. The first-order valence-corrected chi connectivity index (χ1v) is 14.1. The highest BCUT2D eigenvalue weighted by Gasteiger charge is 2.46. The molecule has 2 aliphatic heterocycles. The molecule has 1 N–H and O–H groups in total. The van der Waals surface area contributed by atoms with Gasteiger partial charge in [-0.1, -0.05) is 20.8 Å². The Labute approximate surface area is 217 Å². The monoisotopic (exact) mass is 590 g/mol. The predicted octanol–water partition coefficient (Wildman–Crippen LogP) is 6.01. The normalized spacial score (nSPS) is 21.3. The lowest BCUT2D eigenvalue weighted by Crippen LogP contribution is -2.46. The molecule has 0 saturated carbocycles. The van der Waals surface area contributed by atoms with Gasteiger partial charge >= 0.3 is 5.57 Å². The fourth-order valence-corrected chi connectivity index (χ4v) is 7.29. The van der Waals surface area contributed by atoms with Gasteiger partial charge in [0.1, 0.15) is 5.75 Å². The zero-order chi connectivity index (χ0) is 25.8. The van der Waals surface area contributed by atoms with Crippen molar-refractivity contribution in [3.8, 4) is 5.75 Å². The average molecular weight is 592 g/mol. The molecule has 1 saturated heterocycles. The molecule has 2 aliphatic rings. The van der Waals surface area contributed by atoms with Gasteiger partial charge in [0, 0.05) is 45.8 Å². The number of carbonyl (C=O) groups is 1. The largest absolute Gasteiger partial charge is 0.487 e. The molecule has 0 aromatic heterocycles. The minimum Gasteiger partial charge on any atom is -0.420 e. The molecule has 2 aromatic rings. The summed E-state index contributed by atoms with van der Waals surface area (Å²) < 4.78 is 55.5. The van der Waals surface area contributed by atoms with Crippen molar-refractivity contribution in [2.24, 2.45) is 5.41 Å². The lowest BCUT2D eigenvalue weighted by Gasteiger charge is -2.37. The van der Waals surface area contributed by atoms with Crippen LogP contribution < -0.4 is 15.0 Å². The average Bonchev–Trinajstić information content (AvgIpc) is 2.99. The third-order valence-corrected chi connectivity index (χ3v) is 8.45. The molecule has 11 heteroatoms. The second-order valence-corrected chi connectivity index (χ2v) is 13.7. The van der Waals surface area contributed by atoms with Crippen molar-refractivity contribution in [3.05, 3.63) is 52.0 Å². The summed E-state index contributed by atoms with van der Waals surface area (Å²) in [6.07, 6.45) is 0.505. The van der Waals surface area contributed by atoms with Gasteiger partial charge in [-0.2, -0.15) is 0 Å². The Kier molecular flexibility index (Phi) is 6.87. The molecule has 0 spiro atoms. The number of hydrogen-bond donors (Lipinski definition) is 1. The van der Waals surface area contributed by atoms with Gasteiger partial charge in [-0.15, -0.1) is 8.78 Å². The fourth-order valence-electron chi connectivity index (χ4n) is 4.78. The lowest BCUT2D eigenvalue weighted by atomic mass is 9.91. The molecule has 6 nitrogen and oxygen atoms in total. The summed E-state index contributed by atoms with van der Waals surface area (Å²) in [6, 6.07) is 8.81. The van der Waals surface area contributed by atoms with Crippen molar-refractivity contribution < 1.29 is 26.7 Å². The Morgan fingerprint density at radius 3 is 2.49 bits per heavy atom. The predicted molar refractivity (Wildman–Crippen MR) is 137 cm³/mol. The Bertz CT molecular complexity index is 1240. The molecule has 190 valence electrons. The number of nitrogens with one attached hydrogen (secondary N) is 1. The number of benzene rings is 2. The summed E-state index contributed by atoms with van der Waals surface area (Å²) in [6.45, 7) is 7.00. The minimum absolute atomic E-state index is 0.00794. The number of alkyl halides is 3. The van der Waals surface area contributed by atoms with Gasteiger partial charge in [-0.3, -0.25) is 4.79 Å². The number of halogens is 4. The molecule has 0 bridgehead atoms. The van der Waals surface area contributed by atoms with Crippen LogP contribution in [0.1, 0.15) is 49.0 Å². The van der Waals surface area contributed by atoms with E-state index in [-0.39, 0.29) is 40.5 Å². The number of rotatable bonds is 5. The first-order chi connectivity index (χ1) is 16.1. The van der Waals surface area contributed by atoms with E-state index in [4.69, 9.17) is 11.6 Å². The maximum Gasteiger partial charge on any atom is 0.487 e. The zero-order valence-corrected chi connectivity index (χ0v) is 22.6. The van der Waals surface area contributed by atoms with Crippen molar-refractivity contribution in [1.82, 2.24) is 0 Å². The summed E-state index contributed by atoms with van der Waals surface area (Å²) in [5.41, 5.74) is -1.18. The van der Waals surface area contributed by atoms with E-state index < -0.39 is 15.4 Å². The van der Waals surface area contributed by atoms with Crippen molar-refractivity contribution in [2.75, 3.05) is 28.3 Å². The molecular formula is C24H26BrClF2N2O4S. The smallest absolute Gasteiger partial charge is 0.420 e. The van der Waals surface area contributed by atoms with Gasteiger partial charge in [0.15, 0.2) is 9.84 Å². The Hall–Kier alpha value is -1.91. The number of anilines is 2. The Balaban J connectivity index is 1.62. The van der Waals surface area contributed by atoms with Crippen LogP contribution in [0.25, 0.3) is 0 Å². The molecule has 0 radical (unpaired) electrons. The van der Waals surface area contributed by atoms with Crippen LogP contribution in [-0.2, 0) is 9.84 Å². The molecule has 35 heavy (non-hydrogen) atoms. The molecular weight excluding hydrogens is 566 g/mol. The molecule has 2 heterocycles. The van der Waals surface area contributed by atoms with Crippen molar-refractivity contribution >= 4 is 54.7 Å². The van der Waals surface area contributed by atoms with Crippen molar-refractivity contribution in [3.63, 3.8) is 0 Å². The SMILES string of the molecule is CC(C)(C)CN1c2c(Br)cc(C(=O)Nc3ccc(OC(F)(F)Cl)cc3)cc2C2CCS(=O)(=O)CC21. The topological polar surface area (TPSA) is 75.7 Å². The van der Waals surface area contributed by atoms with Gasteiger partial charge < -0.3 is 15.0 Å². The van der Waals surface area contributed by atoms with Gasteiger partial charge in [0.25, 0.3) is 5.91 Å². The van der Waals surface area contributed by atoms with E-state index in [0.717, 1.165) is 15.7 Å². The number of amides is 1. The number of fused-ring (bicyclic) bond motifs is 3. The van der Waals surface area contributed by atoms with E-state index in [0.29, 0.717) is 24.2 Å². The summed E-state index contributed by atoms with van der Waals surface area (Å²) in [4.78, 5) is 15.2. The highest BCUT2D eigenvalue weighted by Crippen LogP contribution is 2.50. The van der Waals surface area contributed by atoms with E-state index in [1.807, 2.05) is 6.07 Å². The summed E-state index contributed by atoms with van der Waals surface area (Å²) >= 11 is 8.40. The Morgan fingerprint density at radius 1 is 1.23 bits per heavy atom. The first-order valence-electron chi connectivity index (χ1n) is 11.1. The number of ether oxygens (including phenoxy) is 1. The highest BCUT2D eigenvalue weighted by molar-refractivity contribution is 9.10. The van der Waals surface area contributed by atoms with Crippen LogP contribution in [0.5, 0.6) is 5.75 Å². The number of nitrogens with zero attached hydrogens (tertiary/aromatic N) is 1. The Morgan fingerprint density at radius 2 is 1.89 bits per heavy atom. The van der Waals surface area contributed by atoms with Crippen LogP contribution in [0.15, 0.2) is 40.9 Å². The number of hydrogen-bond acceptors (Lipinski definition) is 5. The van der Waals surface area contributed by atoms with Crippen LogP contribution in [0.3, 0.4) is 0 Å². The third kappa shape index (κ3) is 6.09. The number of carbonyl (C=O) groups excluding carboxylic acids is 1. The molecule has 2 atom stereocenters. The maximum absolute atomic E-state index is 13.0. The second kappa shape index (κ2) is 9.19. The minimum atomic E-state index is -3.82. The first kappa shape index (κ1) is 26.2. The zero-order valence-electron chi connectivity index (χ0n) is 19.4. The van der Waals surface area contributed by atoms with Gasteiger partial charge in [0.05, 0.1) is 17.2 Å². The van der Waals surface area contributed by atoms with Gasteiger partial charge in [0.2, 0.25) is 0 Å². The lowest BCUT2D eigenvalue weighted by molar-refractivity contribution is -0.0964. The summed E-state index contributed by atoms with van der Waals surface area (Å²) in [5, 5.41) is 2.76. The maximum atomic E-state index is 13.0. The second-order valence-electron chi connectivity index (χ2n) is 10.2. The van der Waals surface area contributed by atoms with Gasteiger partial charge in [-0.05, 0) is 69.7 Å². The molecule has 2 aromatic carbocycles.